The number of aromatic nitrogens is 1. The van der Waals surface area contributed by atoms with Gasteiger partial charge >= 0.3 is 5.97 Å². The molecule has 1 aromatic heterocycles. The summed E-state index contributed by atoms with van der Waals surface area (Å²) in [6.07, 6.45) is -0.448. The van der Waals surface area contributed by atoms with E-state index in [1.165, 1.54) is 35.9 Å². The van der Waals surface area contributed by atoms with Crippen molar-refractivity contribution in [2.75, 3.05) is 7.11 Å². The Kier molecular flexibility index (Phi) is 4.46. The zero-order valence-electron chi connectivity index (χ0n) is 14.0. The highest BCUT2D eigenvalue weighted by molar-refractivity contribution is 6.05. The lowest BCUT2D eigenvalue weighted by atomic mass is 10.1. The number of carboxylic acids is 1. The van der Waals surface area contributed by atoms with Gasteiger partial charge < -0.3 is 9.84 Å². The molecule has 0 aliphatic heterocycles. The predicted octanol–water partition coefficient (Wildman–Crippen LogP) is 3.55. The quantitative estimate of drug-likeness (QED) is 0.773. The van der Waals surface area contributed by atoms with Crippen molar-refractivity contribution in [3.05, 3.63) is 64.9 Å². The number of halogens is 2. The summed E-state index contributed by atoms with van der Waals surface area (Å²) >= 11 is 0. The average molecular weight is 359 g/mol. The van der Waals surface area contributed by atoms with E-state index in [1.54, 1.807) is 6.92 Å². The third kappa shape index (κ3) is 2.81. The molecule has 0 spiro atoms. The molecule has 2 aromatic carbocycles. The fourth-order valence-electron chi connectivity index (χ4n) is 3.03. The average Bonchev–Trinajstić information content (AvgIpc) is 2.87. The van der Waals surface area contributed by atoms with Crippen LogP contribution in [0.3, 0.4) is 0 Å². The molecule has 5 nitrogen and oxygen atoms in total. The summed E-state index contributed by atoms with van der Waals surface area (Å²) in [4.78, 5) is 24.1. The number of fused-ring (bicyclic) bond motifs is 1. The molecule has 0 fully saturated rings. The number of hydrogen-bond donors (Lipinski definition) is 1. The number of benzene rings is 2. The van der Waals surface area contributed by atoms with Crippen LogP contribution < -0.4 is 4.74 Å². The van der Waals surface area contributed by atoms with E-state index in [4.69, 9.17) is 4.74 Å². The van der Waals surface area contributed by atoms with Gasteiger partial charge in [-0.25, -0.2) is 8.78 Å². The molecule has 7 heteroatoms. The van der Waals surface area contributed by atoms with Gasteiger partial charge in [0.1, 0.15) is 5.82 Å². The van der Waals surface area contributed by atoms with Crippen LogP contribution in [0.5, 0.6) is 5.75 Å². The minimum atomic E-state index is -1.15. The summed E-state index contributed by atoms with van der Waals surface area (Å²) in [5, 5.41) is 9.20. The number of carboxylic acid groups (broad SMARTS) is 1. The first-order valence-electron chi connectivity index (χ1n) is 7.73. The normalized spacial score (nSPS) is 10.9. The zero-order valence-corrected chi connectivity index (χ0v) is 14.0. The summed E-state index contributed by atoms with van der Waals surface area (Å²) in [6.45, 7) is 1.55. The number of carbonyl (C=O) groups is 2. The first-order valence-corrected chi connectivity index (χ1v) is 7.73. The Balaban J connectivity index is 2.30. The van der Waals surface area contributed by atoms with Gasteiger partial charge in [-0.3, -0.25) is 14.2 Å². The van der Waals surface area contributed by atoms with E-state index in [0.717, 1.165) is 12.1 Å². The van der Waals surface area contributed by atoms with Crippen LogP contribution in [0.4, 0.5) is 8.78 Å². The molecule has 26 heavy (non-hydrogen) atoms. The third-order valence-electron chi connectivity index (χ3n) is 4.24. The molecule has 1 N–H and O–H groups in total. The molecule has 0 aliphatic rings. The maximum Gasteiger partial charge on any atom is 0.307 e. The van der Waals surface area contributed by atoms with Crippen LogP contribution in [-0.4, -0.2) is 28.7 Å². The second-order valence-electron chi connectivity index (χ2n) is 5.76. The maximum absolute atomic E-state index is 14.8. The van der Waals surface area contributed by atoms with Crippen LogP contribution in [0.25, 0.3) is 10.9 Å². The van der Waals surface area contributed by atoms with Crippen molar-refractivity contribution < 1.29 is 28.2 Å². The summed E-state index contributed by atoms with van der Waals surface area (Å²) < 4.78 is 34.1. The van der Waals surface area contributed by atoms with Crippen molar-refractivity contribution in [3.63, 3.8) is 0 Å². The Bertz CT molecular complexity index is 1020. The number of carbonyl (C=O) groups excluding carboxylic acids is 1. The third-order valence-corrected chi connectivity index (χ3v) is 4.24. The van der Waals surface area contributed by atoms with Crippen molar-refractivity contribution in [2.45, 2.75) is 13.3 Å². The molecule has 0 saturated heterocycles. The van der Waals surface area contributed by atoms with Gasteiger partial charge in [-0.2, -0.15) is 0 Å². The first-order chi connectivity index (χ1) is 12.3. The van der Waals surface area contributed by atoms with Crippen molar-refractivity contribution in [1.29, 1.82) is 0 Å². The molecule has 0 amide bonds. The van der Waals surface area contributed by atoms with Crippen molar-refractivity contribution in [1.82, 2.24) is 4.57 Å². The standard InChI is InChI=1S/C19H15F2NO4/c1-10-13(9-16(23)24)17-14(7-8-15(26-2)18(17)21)22(10)19(25)11-3-5-12(20)6-4-11/h3-8H,9H2,1-2H3,(H,23,24). The number of rotatable bonds is 4. The van der Waals surface area contributed by atoms with Gasteiger partial charge in [0.15, 0.2) is 11.6 Å². The number of aliphatic carboxylic acids is 1. The van der Waals surface area contributed by atoms with E-state index < -0.39 is 29.9 Å². The fourth-order valence-corrected chi connectivity index (χ4v) is 3.03. The Morgan fingerprint density at radius 3 is 2.35 bits per heavy atom. The highest BCUT2D eigenvalue weighted by Crippen LogP contribution is 2.34. The molecule has 134 valence electrons. The van der Waals surface area contributed by atoms with E-state index in [-0.39, 0.29) is 27.8 Å². The molecule has 0 unspecified atom stereocenters. The lowest BCUT2D eigenvalue weighted by Crippen LogP contribution is -2.14. The van der Waals surface area contributed by atoms with Gasteiger partial charge in [-0.05, 0) is 48.9 Å². The molecule has 3 rings (SSSR count). The minimum Gasteiger partial charge on any atom is -0.494 e. The maximum atomic E-state index is 14.8. The highest BCUT2D eigenvalue weighted by Gasteiger charge is 2.25. The monoisotopic (exact) mass is 359 g/mol. The summed E-state index contributed by atoms with van der Waals surface area (Å²) in [6, 6.07) is 7.80. The molecule has 0 radical (unpaired) electrons. The predicted molar refractivity (Wildman–Crippen MR) is 90.7 cm³/mol. The molecule has 1 heterocycles. The van der Waals surface area contributed by atoms with Gasteiger partial charge in [-0.15, -0.1) is 0 Å². The second kappa shape index (κ2) is 6.59. The zero-order chi connectivity index (χ0) is 19.0. The van der Waals surface area contributed by atoms with Crippen LogP contribution in [-0.2, 0) is 11.2 Å². The van der Waals surface area contributed by atoms with E-state index in [9.17, 15) is 23.5 Å². The van der Waals surface area contributed by atoms with E-state index in [1.807, 2.05) is 0 Å². The molecular formula is C19H15F2NO4. The Morgan fingerprint density at radius 2 is 1.77 bits per heavy atom. The van der Waals surface area contributed by atoms with Gasteiger partial charge in [0.05, 0.1) is 19.0 Å². The summed E-state index contributed by atoms with van der Waals surface area (Å²) in [5.41, 5.74) is 0.930. The number of nitrogens with zero attached hydrogens (tertiary/aromatic N) is 1. The van der Waals surface area contributed by atoms with Crippen LogP contribution >= 0.6 is 0 Å². The van der Waals surface area contributed by atoms with Crippen LogP contribution in [0.2, 0.25) is 0 Å². The van der Waals surface area contributed by atoms with Gasteiger partial charge in [0.25, 0.3) is 5.91 Å². The van der Waals surface area contributed by atoms with Crippen molar-refractivity contribution in [2.24, 2.45) is 0 Å². The summed E-state index contributed by atoms with van der Waals surface area (Å²) in [5.74, 6) is -2.92. The van der Waals surface area contributed by atoms with E-state index in [2.05, 4.69) is 0 Å². The van der Waals surface area contributed by atoms with Gasteiger partial charge in [0, 0.05) is 16.6 Å². The lowest BCUT2D eigenvalue weighted by Gasteiger charge is -2.08. The second-order valence-corrected chi connectivity index (χ2v) is 5.76. The molecule has 0 atom stereocenters. The lowest BCUT2D eigenvalue weighted by molar-refractivity contribution is -0.136. The van der Waals surface area contributed by atoms with Crippen LogP contribution in [0.15, 0.2) is 36.4 Å². The van der Waals surface area contributed by atoms with Crippen molar-refractivity contribution >= 4 is 22.8 Å². The largest absolute Gasteiger partial charge is 0.494 e. The van der Waals surface area contributed by atoms with Gasteiger partial charge in [0.2, 0.25) is 0 Å². The molecule has 0 bridgehead atoms. The smallest absolute Gasteiger partial charge is 0.307 e. The fraction of sp³-hybridized carbons (Fsp3) is 0.158. The molecule has 0 aliphatic carbocycles. The Labute approximate surface area is 147 Å². The van der Waals surface area contributed by atoms with Crippen LogP contribution in [0.1, 0.15) is 21.6 Å². The number of ether oxygens (including phenoxy) is 1. The van der Waals surface area contributed by atoms with Crippen LogP contribution in [0, 0.1) is 18.6 Å². The molecule has 0 saturated carbocycles. The number of methoxy groups -OCH3 is 1. The topological polar surface area (TPSA) is 68.5 Å². The van der Waals surface area contributed by atoms with Gasteiger partial charge in [-0.1, -0.05) is 0 Å². The molecule has 3 aromatic rings. The first kappa shape index (κ1) is 17.6. The Hall–Kier alpha value is -3.22. The summed E-state index contributed by atoms with van der Waals surface area (Å²) in [7, 11) is 1.30. The van der Waals surface area contributed by atoms with E-state index >= 15 is 0 Å². The SMILES string of the molecule is COc1ccc2c(c1F)c(CC(=O)O)c(C)n2C(=O)c1ccc(F)cc1. The number of hydrogen-bond acceptors (Lipinski definition) is 3. The Morgan fingerprint density at radius 1 is 1.12 bits per heavy atom. The molecular weight excluding hydrogens is 344 g/mol. The highest BCUT2D eigenvalue weighted by atomic mass is 19.1. The van der Waals surface area contributed by atoms with Crippen molar-refractivity contribution in [3.8, 4) is 5.75 Å². The van der Waals surface area contributed by atoms with E-state index in [0.29, 0.717) is 5.69 Å². The minimum absolute atomic E-state index is 0.0275.